The maximum atomic E-state index is 11.5. The summed E-state index contributed by atoms with van der Waals surface area (Å²) in [5.74, 6) is 0. The Bertz CT molecular complexity index is 1250. The first-order valence-corrected chi connectivity index (χ1v) is 14.5. The minimum atomic E-state index is -6.56. The second-order valence-electron chi connectivity index (χ2n) is 4.83. The Morgan fingerprint density at radius 1 is 0.214 bits per heavy atom. The van der Waals surface area contributed by atoms with Crippen molar-refractivity contribution in [2.45, 2.75) is 29.4 Å². The van der Waals surface area contributed by atoms with Crippen LogP contribution in [0, 0.1) is 0 Å². The molecule has 0 heterocycles. The van der Waals surface area contributed by atoms with Gasteiger partial charge in [-0.3, -0.25) is 27.3 Å². The third kappa shape index (κ3) is 15.6. The fraction of sp³-hybridized carbons (Fsp3) is 0. The topological polar surface area (TPSA) is 704 Å². The Morgan fingerprint density at radius 3 is 0.286 bits per heavy atom. The molecule has 1 rings (SSSR count). The van der Waals surface area contributed by atoms with Crippen molar-refractivity contribution in [3.63, 3.8) is 0 Å². The van der Waals surface area contributed by atoms with E-state index in [1.807, 2.05) is 0 Å². The van der Waals surface area contributed by atoms with Crippen molar-refractivity contribution in [2.24, 2.45) is 0 Å². The molecular formula is C6H30O30S6. The van der Waals surface area contributed by atoms with Gasteiger partial charge in [-0.05, 0) is 0 Å². The third-order valence-corrected chi connectivity index (χ3v) is 9.11. The first-order chi connectivity index (χ1) is 12.7. The van der Waals surface area contributed by atoms with E-state index in [-0.39, 0.29) is 65.7 Å². The van der Waals surface area contributed by atoms with Crippen LogP contribution in [0.2, 0.25) is 0 Å². The fourth-order valence-electron chi connectivity index (χ4n) is 2.02. The van der Waals surface area contributed by atoms with Crippen LogP contribution in [0.3, 0.4) is 0 Å². The van der Waals surface area contributed by atoms with E-state index in [1.54, 1.807) is 0 Å². The average Bonchev–Trinajstić information content (AvgIpc) is 2.37. The van der Waals surface area contributed by atoms with Gasteiger partial charge in [-0.15, -0.1) is 0 Å². The number of benzene rings is 1. The molecule has 270 valence electrons. The summed E-state index contributed by atoms with van der Waals surface area (Å²) in [4.78, 5) is -18.1. The van der Waals surface area contributed by atoms with Gasteiger partial charge in [0.2, 0.25) is 0 Å². The molecule has 36 heteroatoms. The van der Waals surface area contributed by atoms with E-state index in [4.69, 9.17) is 27.3 Å². The van der Waals surface area contributed by atoms with Gasteiger partial charge in [0, 0.05) is 0 Å². The molecule has 0 fully saturated rings. The molecule has 30 N–H and O–H groups in total. The zero-order chi connectivity index (χ0) is 24.5. The van der Waals surface area contributed by atoms with E-state index in [9.17, 15) is 50.5 Å². The van der Waals surface area contributed by atoms with Gasteiger partial charge in [0.15, 0.2) is 0 Å². The summed E-state index contributed by atoms with van der Waals surface area (Å²) in [6.07, 6.45) is 0. The lowest BCUT2D eigenvalue weighted by molar-refractivity contribution is 0.423. The van der Waals surface area contributed by atoms with Crippen molar-refractivity contribution < 1.29 is 144 Å². The maximum Gasteiger partial charge on any atom is 0.297 e. The predicted molar refractivity (Wildman–Crippen MR) is 129 cm³/mol. The highest BCUT2D eigenvalue weighted by Gasteiger charge is 2.49. The highest BCUT2D eigenvalue weighted by molar-refractivity contribution is 7.93. The number of hydrogen-bond donors (Lipinski definition) is 6. The molecule has 0 unspecified atom stereocenters. The van der Waals surface area contributed by atoms with Gasteiger partial charge in [-0.1, -0.05) is 0 Å². The van der Waals surface area contributed by atoms with Gasteiger partial charge in [0.05, 0.1) is 0 Å². The van der Waals surface area contributed by atoms with Crippen molar-refractivity contribution >= 4 is 60.7 Å². The van der Waals surface area contributed by atoms with Crippen LogP contribution in [0.25, 0.3) is 0 Å². The van der Waals surface area contributed by atoms with Crippen LogP contribution >= 0.6 is 0 Å². The van der Waals surface area contributed by atoms with Crippen molar-refractivity contribution in [1.29, 1.82) is 0 Å². The minimum absolute atomic E-state index is 0. The van der Waals surface area contributed by atoms with E-state index in [0.717, 1.165) is 0 Å². The highest BCUT2D eigenvalue weighted by Crippen LogP contribution is 2.43. The number of rotatable bonds is 6. The largest absolute Gasteiger partial charge is 0.412 e. The van der Waals surface area contributed by atoms with E-state index in [0.29, 0.717) is 0 Å². The quantitative estimate of drug-likeness (QED) is 0.146. The van der Waals surface area contributed by atoms with Crippen molar-refractivity contribution in [1.82, 2.24) is 0 Å². The summed E-state index contributed by atoms with van der Waals surface area (Å²) in [7, 11) is -39.4. The normalized spacial score (nSPS) is 10.4. The van der Waals surface area contributed by atoms with E-state index < -0.39 is 90.1 Å². The van der Waals surface area contributed by atoms with E-state index >= 15 is 0 Å². The molecule has 42 heavy (non-hydrogen) atoms. The molecule has 0 spiro atoms. The Balaban J connectivity index is -0.0000000750. The zero-order valence-corrected chi connectivity index (χ0v) is 23.9. The number of hydrogen-bond acceptors (Lipinski definition) is 12. The summed E-state index contributed by atoms with van der Waals surface area (Å²) >= 11 is 0. The Kier molecular flexibility index (Phi) is 38.8. The Morgan fingerprint density at radius 2 is 0.262 bits per heavy atom. The van der Waals surface area contributed by atoms with Crippen LogP contribution in [0.4, 0.5) is 0 Å². The summed E-state index contributed by atoms with van der Waals surface area (Å²) in [6, 6.07) is 0. The molecule has 0 bridgehead atoms. The Labute approximate surface area is 233 Å². The van der Waals surface area contributed by atoms with Crippen LogP contribution in [0.5, 0.6) is 0 Å². The molecule has 0 aliphatic carbocycles. The molecular weight excluding hydrogens is 744 g/mol. The molecule has 0 aromatic heterocycles. The molecule has 0 aliphatic rings. The molecule has 0 saturated carbocycles. The van der Waals surface area contributed by atoms with Gasteiger partial charge in [0.1, 0.15) is 29.4 Å². The van der Waals surface area contributed by atoms with Gasteiger partial charge in [-0.25, -0.2) is 0 Å². The molecule has 0 atom stereocenters. The van der Waals surface area contributed by atoms with Crippen LogP contribution < -0.4 is 0 Å². The lowest BCUT2D eigenvalue weighted by Gasteiger charge is -2.18. The lowest BCUT2D eigenvalue weighted by Crippen LogP contribution is -2.26. The molecule has 0 aliphatic heterocycles. The monoisotopic (exact) mass is 774 g/mol. The zero-order valence-electron chi connectivity index (χ0n) is 19.0. The van der Waals surface area contributed by atoms with Gasteiger partial charge in [-0.2, -0.15) is 50.5 Å². The summed E-state index contributed by atoms with van der Waals surface area (Å²) in [6.45, 7) is 0. The van der Waals surface area contributed by atoms with E-state index in [1.165, 1.54) is 0 Å². The molecule has 1 aromatic carbocycles. The maximum absolute atomic E-state index is 11.5. The lowest BCUT2D eigenvalue weighted by atomic mass is 10.3. The SMILES string of the molecule is O.O.O.O.O.O.O.O.O.O.O.O.O=S(=O)(O)c1c(S(=O)(=O)O)c(S(=O)(=O)O)c(S(=O)(=O)O)c(S(=O)(=O)O)c1S(=O)(=O)O. The highest BCUT2D eigenvalue weighted by atomic mass is 32.3. The Hall–Kier alpha value is -1.80. The van der Waals surface area contributed by atoms with Gasteiger partial charge in [0.25, 0.3) is 60.7 Å². The average molecular weight is 775 g/mol. The molecule has 30 nitrogen and oxygen atoms in total. The van der Waals surface area contributed by atoms with Crippen LogP contribution in [0.15, 0.2) is 29.4 Å². The van der Waals surface area contributed by atoms with Crippen molar-refractivity contribution in [2.75, 3.05) is 0 Å². The molecule has 1 aromatic rings. The fourth-order valence-corrected chi connectivity index (χ4v) is 10.2. The van der Waals surface area contributed by atoms with Gasteiger partial charge >= 0.3 is 0 Å². The molecule has 0 saturated heterocycles. The first-order valence-electron chi connectivity index (χ1n) is 5.82. The van der Waals surface area contributed by atoms with Crippen LogP contribution in [-0.2, 0) is 60.7 Å². The second kappa shape index (κ2) is 21.0. The summed E-state index contributed by atoms with van der Waals surface area (Å²) in [5, 5.41) is 0. The first kappa shape index (κ1) is 77.7. The van der Waals surface area contributed by atoms with Crippen molar-refractivity contribution in [3.8, 4) is 0 Å². The second-order valence-corrected chi connectivity index (χ2v) is 13.0. The summed E-state index contributed by atoms with van der Waals surface area (Å²) in [5.41, 5.74) is 0. The van der Waals surface area contributed by atoms with Crippen molar-refractivity contribution in [3.05, 3.63) is 0 Å². The van der Waals surface area contributed by atoms with Crippen LogP contribution in [0.1, 0.15) is 0 Å². The van der Waals surface area contributed by atoms with Crippen LogP contribution in [-0.4, -0.2) is 144 Å². The third-order valence-electron chi connectivity index (χ3n) is 2.79. The predicted octanol–water partition coefficient (Wildman–Crippen LogP) is -12.7. The smallest absolute Gasteiger partial charge is 0.297 e. The summed E-state index contributed by atoms with van der Waals surface area (Å²) < 4.78 is 193. The standard InChI is InChI=1S/C6H6O18S6.12H2O/c7-25(8,9)1-2(26(10,11)12)4(28(16,17)18)6(30(22,23)24)5(29(19,20)21)3(1)27(13,14)15;;;;;;;;;;;;/h(H,7,8,9)(H,10,11,12)(H,13,14,15)(H,16,17,18)(H,19,20,21)(H,22,23,24);12*1H2. The van der Waals surface area contributed by atoms with E-state index in [2.05, 4.69) is 0 Å². The minimum Gasteiger partial charge on any atom is -0.412 e. The molecule has 0 radical (unpaired) electrons. The molecule has 0 amide bonds. The van der Waals surface area contributed by atoms with Gasteiger partial charge < -0.3 is 65.7 Å².